The Morgan fingerprint density at radius 1 is 0.846 bits per heavy atom. The monoisotopic (exact) mass is 891 g/mol. The van der Waals surface area contributed by atoms with E-state index in [0.29, 0.717) is 22.3 Å². The maximum atomic E-state index is 15.9. The van der Waals surface area contributed by atoms with Gasteiger partial charge in [-0.3, -0.25) is 24.0 Å². The third-order valence-corrected chi connectivity index (χ3v) is 14.0. The third kappa shape index (κ3) is 8.43. The van der Waals surface area contributed by atoms with E-state index in [1.165, 1.54) is 26.0 Å². The van der Waals surface area contributed by atoms with Gasteiger partial charge >= 0.3 is 23.9 Å². The molecule has 3 aromatic rings. The lowest BCUT2D eigenvalue weighted by atomic mass is 9.44. The molecule has 1 N–H and O–H groups in total. The molecule has 3 aliphatic carbocycles. The van der Waals surface area contributed by atoms with Crippen molar-refractivity contribution in [2.45, 2.75) is 110 Å². The Balaban J connectivity index is 1.34. The number of rotatable bonds is 12. The molecule has 0 aromatic heterocycles. The Morgan fingerprint density at radius 2 is 1.52 bits per heavy atom. The molecule has 7 rings (SSSR count). The summed E-state index contributed by atoms with van der Waals surface area (Å²) < 4.78 is 37.4. The second-order valence-electron chi connectivity index (χ2n) is 18.5. The van der Waals surface area contributed by atoms with Gasteiger partial charge in [-0.2, -0.15) is 0 Å². The number of fused-ring (bicyclic) bond motifs is 5. The predicted octanol–water partition coefficient (Wildman–Crippen LogP) is 6.14. The summed E-state index contributed by atoms with van der Waals surface area (Å²) in [5.74, 6) is -5.24. The minimum absolute atomic E-state index is 0.0773. The number of carbonyl (C=O) groups is 6. The van der Waals surface area contributed by atoms with Gasteiger partial charge in [0.15, 0.2) is 23.3 Å². The first-order valence-electron chi connectivity index (χ1n) is 21.7. The number of Topliss-reactive ketones (excluding diaryl/α,β-unsaturated/α-hetero) is 1. The summed E-state index contributed by atoms with van der Waals surface area (Å²) in [5.41, 5.74) is -3.33. The summed E-state index contributed by atoms with van der Waals surface area (Å²) in [6.07, 6.45) is -4.13. The lowest BCUT2D eigenvalue weighted by Crippen LogP contribution is -2.82. The van der Waals surface area contributed by atoms with Gasteiger partial charge in [-0.1, -0.05) is 62.4 Å². The highest BCUT2D eigenvalue weighted by atomic mass is 16.6. The highest BCUT2D eigenvalue weighted by molar-refractivity contribution is 6.09. The van der Waals surface area contributed by atoms with Crippen LogP contribution in [0.25, 0.3) is 6.08 Å². The van der Waals surface area contributed by atoms with Crippen LogP contribution in [0.2, 0.25) is 0 Å². The fraction of sp³-hybridized carbons (Fsp3) is 0.451. The summed E-state index contributed by atoms with van der Waals surface area (Å²) in [6, 6.07) is 23.1. The molecule has 344 valence electrons. The van der Waals surface area contributed by atoms with Crippen LogP contribution in [-0.4, -0.2) is 103 Å². The Morgan fingerprint density at radius 3 is 2.12 bits per heavy atom. The van der Waals surface area contributed by atoms with Crippen LogP contribution in [-0.2, 0) is 59.0 Å². The maximum Gasteiger partial charge on any atom is 0.331 e. The number of benzene rings is 3. The summed E-state index contributed by atoms with van der Waals surface area (Å²) >= 11 is 0. The minimum atomic E-state index is -2.04. The van der Waals surface area contributed by atoms with Crippen LogP contribution in [0.3, 0.4) is 0 Å². The van der Waals surface area contributed by atoms with Gasteiger partial charge in [0.1, 0.15) is 23.9 Å². The molecule has 14 heteroatoms. The van der Waals surface area contributed by atoms with Crippen molar-refractivity contribution in [3.05, 3.63) is 118 Å². The highest BCUT2D eigenvalue weighted by Crippen LogP contribution is 2.65. The number of aliphatic hydroxyl groups is 1. The summed E-state index contributed by atoms with van der Waals surface area (Å²) in [4.78, 5) is 84.4. The number of esters is 4. The number of anilines is 1. The SMILES string of the molecule is CC(=O)O[C@H]1C(=O)[C@]2(C)[C@@H](OC(=O)/C=C/c3cccc(C(=O)c4ccc(N(C)C)cc4)c3)C[C@H]3OC[C@@]3(OC(C)=O)[C@H]2[C@H](OCc2ccccc2)[C@]2(O)C[C@H](OC(C)=O)C(C)=C1C2(C)C. The van der Waals surface area contributed by atoms with Crippen molar-refractivity contribution in [1.29, 1.82) is 0 Å². The van der Waals surface area contributed by atoms with Gasteiger partial charge in [-0.15, -0.1) is 0 Å². The van der Waals surface area contributed by atoms with E-state index in [1.54, 1.807) is 64.1 Å². The van der Waals surface area contributed by atoms with Crippen molar-refractivity contribution < 1.29 is 62.3 Å². The third-order valence-electron chi connectivity index (χ3n) is 14.0. The topological polar surface area (TPSA) is 181 Å². The van der Waals surface area contributed by atoms with Crippen LogP contribution in [0.4, 0.5) is 5.69 Å². The molecule has 1 aliphatic heterocycles. The van der Waals surface area contributed by atoms with Crippen LogP contribution < -0.4 is 4.90 Å². The standard InChI is InChI=1S/C51H57NO13/c1-29-38(62-30(2)53)26-51(59)47(60-27-34-14-11-10-12-15-34)45-49(7,46(58)44(63-31(3)54)42(29)48(51,5)6)39(25-40-50(45,28-61-40)65-32(4)55)64-41(56)23-18-33-16-13-17-36(24-33)43(57)35-19-21-37(22-20-35)52(8)9/h10-24,38-40,44-45,47,59H,25-28H2,1-9H3/b23-18+/t38-,39-,40+,44+,45-,47-,49+,50-,51+/m0/s1. The molecular formula is C51H57NO13. The predicted molar refractivity (Wildman–Crippen MR) is 237 cm³/mol. The first-order chi connectivity index (χ1) is 30.6. The number of ketones is 2. The van der Waals surface area contributed by atoms with Crippen LogP contribution in [0.5, 0.6) is 0 Å². The van der Waals surface area contributed by atoms with E-state index < -0.39 is 88.1 Å². The number of hydrogen-bond acceptors (Lipinski definition) is 14. The average Bonchev–Trinajstić information content (AvgIpc) is 3.24. The highest BCUT2D eigenvalue weighted by Gasteiger charge is 2.78. The molecule has 1 saturated heterocycles. The number of hydrogen-bond donors (Lipinski definition) is 1. The summed E-state index contributed by atoms with van der Waals surface area (Å²) in [7, 11) is 3.82. The lowest BCUT2D eigenvalue weighted by molar-refractivity contribution is -0.352. The quantitative estimate of drug-likeness (QED) is 0.0720. The van der Waals surface area contributed by atoms with Crippen molar-refractivity contribution in [3.8, 4) is 0 Å². The minimum Gasteiger partial charge on any atom is -0.458 e. The Labute approximate surface area is 378 Å². The molecule has 0 radical (unpaired) electrons. The summed E-state index contributed by atoms with van der Waals surface area (Å²) in [6.45, 7) is 9.99. The van der Waals surface area contributed by atoms with Gasteiger partial charge in [-0.05, 0) is 72.5 Å². The van der Waals surface area contributed by atoms with Crippen molar-refractivity contribution in [2.24, 2.45) is 16.7 Å². The van der Waals surface area contributed by atoms with Crippen molar-refractivity contribution in [1.82, 2.24) is 0 Å². The zero-order chi connectivity index (χ0) is 47.2. The van der Waals surface area contributed by atoms with E-state index in [9.17, 15) is 29.1 Å². The van der Waals surface area contributed by atoms with E-state index in [-0.39, 0.29) is 37.4 Å². The van der Waals surface area contributed by atoms with Gasteiger partial charge in [-0.25, -0.2) is 4.79 Å². The molecular weight excluding hydrogens is 835 g/mol. The zero-order valence-electron chi connectivity index (χ0n) is 38.2. The molecule has 0 unspecified atom stereocenters. The molecule has 3 aromatic carbocycles. The Kier molecular flexibility index (Phi) is 12.9. The molecule has 0 spiro atoms. The molecule has 9 atom stereocenters. The average molecular weight is 892 g/mol. The number of carbonyl (C=O) groups excluding carboxylic acids is 6. The van der Waals surface area contributed by atoms with Crippen molar-refractivity contribution >= 4 is 47.2 Å². The van der Waals surface area contributed by atoms with E-state index >= 15 is 4.79 Å². The van der Waals surface area contributed by atoms with Gasteiger partial charge < -0.3 is 38.4 Å². The molecule has 1 heterocycles. The number of ether oxygens (including phenoxy) is 6. The normalized spacial score (nSPS) is 30.1. The van der Waals surface area contributed by atoms with E-state index in [2.05, 4.69) is 0 Å². The first kappa shape index (κ1) is 47.0. The van der Waals surface area contributed by atoms with Crippen LogP contribution in [0.1, 0.15) is 88.4 Å². The molecule has 4 aliphatic rings. The number of nitrogens with zero attached hydrogens (tertiary/aromatic N) is 1. The molecule has 65 heavy (non-hydrogen) atoms. The molecule has 14 nitrogen and oxygen atoms in total. The maximum absolute atomic E-state index is 15.9. The molecule has 2 saturated carbocycles. The van der Waals surface area contributed by atoms with Gasteiger partial charge in [0.05, 0.1) is 24.7 Å². The first-order valence-corrected chi connectivity index (χ1v) is 21.7. The fourth-order valence-corrected chi connectivity index (χ4v) is 10.6. The van der Waals surface area contributed by atoms with Crippen LogP contribution >= 0.6 is 0 Å². The molecule has 3 fully saturated rings. The summed E-state index contributed by atoms with van der Waals surface area (Å²) in [5, 5.41) is 13.7. The fourth-order valence-electron chi connectivity index (χ4n) is 10.6. The second kappa shape index (κ2) is 17.8. The van der Waals surface area contributed by atoms with Crippen molar-refractivity contribution in [3.63, 3.8) is 0 Å². The van der Waals surface area contributed by atoms with Gasteiger partial charge in [0, 0.05) is 81.9 Å². The smallest absolute Gasteiger partial charge is 0.331 e. The van der Waals surface area contributed by atoms with Crippen molar-refractivity contribution in [2.75, 3.05) is 25.6 Å². The van der Waals surface area contributed by atoms with Gasteiger partial charge in [0.25, 0.3) is 0 Å². The molecule has 2 bridgehead atoms. The zero-order valence-corrected chi connectivity index (χ0v) is 38.2. The second-order valence-corrected chi connectivity index (χ2v) is 18.5. The van der Waals surface area contributed by atoms with E-state index in [0.717, 1.165) is 18.2 Å². The van der Waals surface area contributed by atoms with Crippen LogP contribution in [0, 0.1) is 16.7 Å². The van der Waals surface area contributed by atoms with Gasteiger partial charge in [0.2, 0.25) is 0 Å². The lowest BCUT2D eigenvalue weighted by Gasteiger charge is -2.68. The largest absolute Gasteiger partial charge is 0.458 e. The van der Waals surface area contributed by atoms with E-state index in [4.69, 9.17) is 28.4 Å². The van der Waals surface area contributed by atoms with Crippen LogP contribution in [0.15, 0.2) is 96.1 Å². The van der Waals surface area contributed by atoms with E-state index in [1.807, 2.05) is 61.5 Å². The Bertz CT molecular complexity index is 2440. The molecule has 0 amide bonds. The Hall–Kier alpha value is -5.96.